The number of anilines is 1. The van der Waals surface area contributed by atoms with Gasteiger partial charge >= 0.3 is 0 Å². The van der Waals surface area contributed by atoms with Gasteiger partial charge in [0.1, 0.15) is 6.17 Å². The second-order valence-electron chi connectivity index (χ2n) is 5.07. The number of carbonyl (C=O) groups excluding carboxylic acids is 1. The molecule has 0 bridgehead atoms. The Labute approximate surface area is 107 Å². The molecule has 1 amide bonds. The molecule has 0 spiro atoms. The molecule has 2 fully saturated rings. The van der Waals surface area contributed by atoms with Gasteiger partial charge in [-0.2, -0.15) is 0 Å². The van der Waals surface area contributed by atoms with Gasteiger partial charge in [0, 0.05) is 31.9 Å². The Morgan fingerprint density at radius 2 is 1.94 bits per heavy atom. The van der Waals surface area contributed by atoms with Crippen LogP contribution in [0.15, 0.2) is 12.4 Å². The van der Waals surface area contributed by atoms with Crippen LogP contribution in [-0.4, -0.2) is 40.0 Å². The smallest absolute Gasteiger partial charge is 0.226 e. The van der Waals surface area contributed by atoms with Crippen LogP contribution in [0, 0.1) is 6.92 Å². The highest BCUT2D eigenvalue weighted by Gasteiger charge is 2.36. The molecule has 0 N–H and O–H groups in total. The monoisotopic (exact) mass is 246 g/mol. The zero-order valence-electron chi connectivity index (χ0n) is 10.7. The molecule has 1 atom stereocenters. The van der Waals surface area contributed by atoms with Crippen molar-refractivity contribution in [2.45, 2.75) is 38.8 Å². The fourth-order valence-electron chi connectivity index (χ4n) is 2.81. The average Bonchev–Trinajstić information content (AvgIpc) is 2.41. The summed E-state index contributed by atoms with van der Waals surface area (Å²) in [5.74, 6) is 1.04. The molecule has 2 aliphatic rings. The molecule has 0 saturated carbocycles. The fraction of sp³-hybridized carbons (Fsp3) is 0.615. The lowest BCUT2D eigenvalue weighted by atomic mass is 10.0. The maximum atomic E-state index is 11.9. The number of fused-ring (bicyclic) bond motifs is 1. The van der Waals surface area contributed by atoms with Crippen LogP contribution >= 0.6 is 0 Å². The molecular weight excluding hydrogens is 228 g/mol. The van der Waals surface area contributed by atoms with E-state index in [2.05, 4.69) is 14.9 Å². The highest BCUT2D eigenvalue weighted by Crippen LogP contribution is 2.27. The van der Waals surface area contributed by atoms with Crippen LogP contribution in [0.1, 0.15) is 31.2 Å². The molecule has 2 saturated heterocycles. The second-order valence-corrected chi connectivity index (χ2v) is 5.07. The molecule has 5 nitrogen and oxygen atoms in total. The number of rotatable bonds is 1. The number of hydrogen-bond acceptors (Lipinski definition) is 4. The number of aryl methyl sites for hydroxylation is 1. The van der Waals surface area contributed by atoms with Gasteiger partial charge in [-0.1, -0.05) is 0 Å². The summed E-state index contributed by atoms with van der Waals surface area (Å²) in [6, 6.07) is 0. The summed E-state index contributed by atoms with van der Waals surface area (Å²) in [6.07, 6.45) is 7.75. The van der Waals surface area contributed by atoms with E-state index in [1.165, 1.54) is 6.42 Å². The number of hydrogen-bond donors (Lipinski definition) is 0. The first-order valence-corrected chi connectivity index (χ1v) is 6.60. The van der Waals surface area contributed by atoms with E-state index in [1.807, 2.05) is 24.2 Å². The largest absolute Gasteiger partial charge is 0.322 e. The van der Waals surface area contributed by atoms with E-state index in [0.717, 1.165) is 37.4 Å². The van der Waals surface area contributed by atoms with Gasteiger partial charge in [0.15, 0.2) is 0 Å². The normalized spacial score (nSPS) is 24.1. The predicted molar refractivity (Wildman–Crippen MR) is 68.1 cm³/mol. The number of carbonyl (C=O) groups is 1. The fourth-order valence-corrected chi connectivity index (χ4v) is 2.81. The van der Waals surface area contributed by atoms with Crippen molar-refractivity contribution in [1.82, 2.24) is 14.9 Å². The minimum Gasteiger partial charge on any atom is -0.322 e. The molecule has 0 radical (unpaired) electrons. The van der Waals surface area contributed by atoms with Gasteiger partial charge in [-0.3, -0.25) is 4.79 Å². The topological polar surface area (TPSA) is 49.3 Å². The lowest BCUT2D eigenvalue weighted by Crippen LogP contribution is -2.58. The van der Waals surface area contributed by atoms with E-state index in [4.69, 9.17) is 0 Å². The Hall–Kier alpha value is -1.65. The lowest BCUT2D eigenvalue weighted by molar-refractivity contribution is -0.137. The summed E-state index contributed by atoms with van der Waals surface area (Å²) >= 11 is 0. The Morgan fingerprint density at radius 1 is 1.17 bits per heavy atom. The molecule has 1 aromatic rings. The average molecular weight is 246 g/mol. The third-order valence-electron chi connectivity index (χ3n) is 3.74. The molecule has 1 aromatic heterocycles. The van der Waals surface area contributed by atoms with Crippen molar-refractivity contribution in [3.8, 4) is 0 Å². The molecule has 0 aliphatic carbocycles. The van der Waals surface area contributed by atoms with Crippen LogP contribution in [0.2, 0.25) is 0 Å². The Morgan fingerprint density at radius 3 is 2.72 bits per heavy atom. The van der Waals surface area contributed by atoms with Crippen molar-refractivity contribution in [3.05, 3.63) is 18.0 Å². The van der Waals surface area contributed by atoms with Crippen LogP contribution < -0.4 is 4.90 Å². The standard InChI is InChI=1S/C13H18N4O/c1-10-8-14-13(15-9-10)17-7-5-12(18)16-6-3-2-4-11(16)17/h8-9,11H,2-7H2,1H3. The molecular formula is C13H18N4O. The Kier molecular flexibility index (Phi) is 2.89. The van der Waals surface area contributed by atoms with Gasteiger partial charge in [-0.05, 0) is 31.7 Å². The Bertz CT molecular complexity index is 445. The van der Waals surface area contributed by atoms with Crippen LogP contribution in [0.5, 0.6) is 0 Å². The number of amides is 1. The van der Waals surface area contributed by atoms with Gasteiger partial charge in [-0.15, -0.1) is 0 Å². The van der Waals surface area contributed by atoms with E-state index in [0.29, 0.717) is 6.42 Å². The van der Waals surface area contributed by atoms with Gasteiger partial charge < -0.3 is 9.80 Å². The van der Waals surface area contributed by atoms with Gasteiger partial charge in [0.25, 0.3) is 0 Å². The first kappa shape index (κ1) is 11.4. The molecule has 1 unspecified atom stereocenters. The highest BCUT2D eigenvalue weighted by molar-refractivity contribution is 5.79. The maximum Gasteiger partial charge on any atom is 0.226 e. The van der Waals surface area contributed by atoms with Crippen molar-refractivity contribution >= 4 is 11.9 Å². The van der Waals surface area contributed by atoms with E-state index < -0.39 is 0 Å². The van der Waals surface area contributed by atoms with E-state index >= 15 is 0 Å². The molecule has 5 heteroatoms. The third kappa shape index (κ3) is 1.94. The first-order valence-electron chi connectivity index (χ1n) is 6.60. The summed E-state index contributed by atoms with van der Waals surface area (Å²) in [5.41, 5.74) is 1.06. The summed E-state index contributed by atoms with van der Waals surface area (Å²) in [6.45, 7) is 3.60. The molecule has 3 heterocycles. The van der Waals surface area contributed by atoms with E-state index in [1.54, 1.807) is 0 Å². The number of nitrogens with zero attached hydrogens (tertiary/aromatic N) is 4. The van der Waals surface area contributed by atoms with Crippen LogP contribution in [0.4, 0.5) is 5.95 Å². The molecule has 2 aliphatic heterocycles. The van der Waals surface area contributed by atoms with E-state index in [9.17, 15) is 4.79 Å². The highest BCUT2D eigenvalue weighted by atomic mass is 16.2. The maximum absolute atomic E-state index is 11.9. The minimum absolute atomic E-state index is 0.169. The number of piperidine rings is 1. The van der Waals surface area contributed by atoms with Crippen molar-refractivity contribution < 1.29 is 4.79 Å². The molecule has 0 aromatic carbocycles. The van der Waals surface area contributed by atoms with Crippen molar-refractivity contribution in [1.29, 1.82) is 0 Å². The van der Waals surface area contributed by atoms with Crippen molar-refractivity contribution in [2.24, 2.45) is 0 Å². The van der Waals surface area contributed by atoms with Crippen LogP contribution in [-0.2, 0) is 4.79 Å². The summed E-state index contributed by atoms with van der Waals surface area (Å²) in [7, 11) is 0. The summed E-state index contributed by atoms with van der Waals surface area (Å²) in [5, 5.41) is 0. The quantitative estimate of drug-likeness (QED) is 0.750. The molecule has 3 rings (SSSR count). The second kappa shape index (κ2) is 4.55. The summed E-state index contributed by atoms with van der Waals surface area (Å²) in [4.78, 5) is 24.9. The summed E-state index contributed by atoms with van der Waals surface area (Å²) < 4.78 is 0. The minimum atomic E-state index is 0.169. The molecule has 18 heavy (non-hydrogen) atoms. The van der Waals surface area contributed by atoms with Gasteiger partial charge in [-0.25, -0.2) is 9.97 Å². The molecule has 96 valence electrons. The van der Waals surface area contributed by atoms with E-state index in [-0.39, 0.29) is 12.1 Å². The SMILES string of the molecule is Cc1cnc(N2CCC(=O)N3CCCCC32)nc1. The predicted octanol–water partition coefficient (Wildman–Crippen LogP) is 1.33. The Balaban J connectivity index is 1.87. The lowest BCUT2D eigenvalue weighted by Gasteiger charge is -2.46. The van der Waals surface area contributed by atoms with Gasteiger partial charge in [0.05, 0.1) is 0 Å². The van der Waals surface area contributed by atoms with Crippen LogP contribution in [0.25, 0.3) is 0 Å². The van der Waals surface area contributed by atoms with Crippen molar-refractivity contribution in [3.63, 3.8) is 0 Å². The zero-order valence-corrected chi connectivity index (χ0v) is 10.7. The zero-order chi connectivity index (χ0) is 12.5. The first-order chi connectivity index (χ1) is 8.75. The van der Waals surface area contributed by atoms with Gasteiger partial charge in [0.2, 0.25) is 11.9 Å². The third-order valence-corrected chi connectivity index (χ3v) is 3.74. The van der Waals surface area contributed by atoms with Crippen LogP contribution in [0.3, 0.4) is 0 Å². The van der Waals surface area contributed by atoms with Crippen molar-refractivity contribution in [2.75, 3.05) is 18.0 Å². The number of aromatic nitrogens is 2.